The van der Waals surface area contributed by atoms with E-state index >= 15 is 0 Å². The van der Waals surface area contributed by atoms with E-state index in [0.29, 0.717) is 5.13 Å². The van der Waals surface area contributed by atoms with E-state index in [2.05, 4.69) is 20.6 Å². The summed E-state index contributed by atoms with van der Waals surface area (Å²) in [6, 6.07) is 12.1. The number of benzene rings is 1. The van der Waals surface area contributed by atoms with E-state index in [4.69, 9.17) is 4.42 Å². The lowest BCUT2D eigenvalue weighted by Gasteiger charge is -2.11. The number of carbonyl (C=O) groups is 2. The zero-order valence-corrected chi connectivity index (χ0v) is 17.1. The van der Waals surface area contributed by atoms with Crippen LogP contribution < -0.4 is 10.6 Å². The van der Waals surface area contributed by atoms with Crippen LogP contribution in [0.4, 0.5) is 5.13 Å². The van der Waals surface area contributed by atoms with Crippen molar-refractivity contribution in [2.45, 2.75) is 13.0 Å². The normalized spacial score (nSPS) is 11.8. The number of hydrogen-bond acceptors (Lipinski definition) is 6. The summed E-state index contributed by atoms with van der Waals surface area (Å²) in [7, 11) is 1.90. The Labute approximate surface area is 176 Å². The zero-order valence-electron chi connectivity index (χ0n) is 16.3. The van der Waals surface area contributed by atoms with E-state index in [-0.39, 0.29) is 11.7 Å². The SMILES string of the molecule is CC(NC(=O)c1ccco1)C(=O)Nc1nc(-c2ccccc2)c(-c2nccn2C)s1. The van der Waals surface area contributed by atoms with Crippen molar-refractivity contribution in [1.29, 1.82) is 0 Å². The van der Waals surface area contributed by atoms with Gasteiger partial charge in [0.15, 0.2) is 16.7 Å². The van der Waals surface area contributed by atoms with Gasteiger partial charge in [0.25, 0.3) is 5.91 Å². The lowest BCUT2D eigenvalue weighted by molar-refractivity contribution is -0.117. The first-order valence-electron chi connectivity index (χ1n) is 9.22. The summed E-state index contributed by atoms with van der Waals surface area (Å²) in [4.78, 5) is 34.6. The molecule has 0 saturated carbocycles. The van der Waals surface area contributed by atoms with Crippen LogP contribution in [0.25, 0.3) is 22.0 Å². The van der Waals surface area contributed by atoms with Crippen LogP contribution in [-0.2, 0) is 11.8 Å². The molecule has 0 bridgehead atoms. The maximum Gasteiger partial charge on any atom is 0.287 e. The first-order valence-corrected chi connectivity index (χ1v) is 10.0. The van der Waals surface area contributed by atoms with Crippen LogP contribution in [0.3, 0.4) is 0 Å². The highest BCUT2D eigenvalue weighted by Gasteiger charge is 2.22. The summed E-state index contributed by atoms with van der Waals surface area (Å²) in [6.45, 7) is 1.60. The number of anilines is 1. The van der Waals surface area contributed by atoms with Crippen molar-refractivity contribution in [3.8, 4) is 22.0 Å². The van der Waals surface area contributed by atoms with Crippen LogP contribution >= 0.6 is 11.3 Å². The number of nitrogens with one attached hydrogen (secondary N) is 2. The number of furan rings is 1. The summed E-state index contributed by atoms with van der Waals surface area (Å²) < 4.78 is 6.95. The van der Waals surface area contributed by atoms with Gasteiger partial charge >= 0.3 is 0 Å². The summed E-state index contributed by atoms with van der Waals surface area (Å²) in [5.74, 6) is 0.0634. The van der Waals surface area contributed by atoms with Crippen LogP contribution in [0, 0.1) is 0 Å². The minimum absolute atomic E-state index is 0.146. The zero-order chi connectivity index (χ0) is 21.1. The molecule has 0 radical (unpaired) electrons. The van der Waals surface area contributed by atoms with Crippen molar-refractivity contribution >= 4 is 28.3 Å². The molecule has 2 amide bonds. The van der Waals surface area contributed by atoms with E-state index < -0.39 is 11.9 Å². The fraction of sp³-hybridized carbons (Fsp3) is 0.143. The highest BCUT2D eigenvalue weighted by Crippen LogP contribution is 2.38. The first-order chi connectivity index (χ1) is 14.5. The van der Waals surface area contributed by atoms with Gasteiger partial charge in [-0.1, -0.05) is 41.7 Å². The second kappa shape index (κ2) is 8.34. The van der Waals surface area contributed by atoms with Gasteiger partial charge in [-0.3, -0.25) is 9.59 Å². The molecule has 0 saturated heterocycles. The van der Waals surface area contributed by atoms with Crippen LogP contribution in [0.5, 0.6) is 0 Å². The van der Waals surface area contributed by atoms with Gasteiger partial charge in [0, 0.05) is 25.0 Å². The van der Waals surface area contributed by atoms with Gasteiger partial charge in [-0.05, 0) is 19.1 Å². The summed E-state index contributed by atoms with van der Waals surface area (Å²) >= 11 is 1.33. The van der Waals surface area contributed by atoms with E-state index in [1.54, 1.807) is 19.2 Å². The third-order valence-corrected chi connectivity index (χ3v) is 5.38. The molecule has 30 heavy (non-hydrogen) atoms. The van der Waals surface area contributed by atoms with Crippen molar-refractivity contribution in [2.24, 2.45) is 7.05 Å². The second-order valence-corrected chi connectivity index (χ2v) is 7.59. The van der Waals surface area contributed by atoms with Crippen molar-refractivity contribution in [3.05, 3.63) is 66.9 Å². The smallest absolute Gasteiger partial charge is 0.287 e. The Morgan fingerprint density at radius 1 is 1.17 bits per heavy atom. The Kier molecular flexibility index (Phi) is 5.44. The van der Waals surface area contributed by atoms with Gasteiger partial charge in [-0.15, -0.1) is 0 Å². The molecule has 4 aromatic rings. The van der Waals surface area contributed by atoms with Crippen LogP contribution in [0.1, 0.15) is 17.5 Å². The van der Waals surface area contributed by atoms with Gasteiger partial charge in [0.1, 0.15) is 6.04 Å². The molecular formula is C21H19N5O3S. The fourth-order valence-electron chi connectivity index (χ4n) is 2.86. The quantitative estimate of drug-likeness (QED) is 0.496. The summed E-state index contributed by atoms with van der Waals surface area (Å²) in [5, 5.41) is 5.82. The largest absolute Gasteiger partial charge is 0.459 e. The molecule has 1 atom stereocenters. The lowest BCUT2D eigenvalue weighted by atomic mass is 10.1. The number of aromatic nitrogens is 3. The molecule has 3 heterocycles. The van der Waals surface area contributed by atoms with E-state index in [1.807, 2.05) is 48.1 Å². The highest BCUT2D eigenvalue weighted by molar-refractivity contribution is 7.19. The lowest BCUT2D eigenvalue weighted by Crippen LogP contribution is -2.41. The second-order valence-electron chi connectivity index (χ2n) is 6.59. The van der Waals surface area contributed by atoms with E-state index in [9.17, 15) is 9.59 Å². The standard InChI is InChI=1S/C21H19N5O3S/c1-13(23-20(28)15-9-6-12-29-15)19(27)25-21-24-16(14-7-4-3-5-8-14)17(30-21)18-22-10-11-26(18)2/h3-13H,1-2H3,(H,23,28)(H,24,25,27). The minimum Gasteiger partial charge on any atom is -0.459 e. The number of thiazole rings is 1. The first kappa shape index (κ1) is 19.6. The molecule has 0 aliphatic carbocycles. The number of carbonyl (C=O) groups excluding carboxylic acids is 2. The van der Waals surface area contributed by atoms with Crippen LogP contribution in [0.15, 0.2) is 65.5 Å². The van der Waals surface area contributed by atoms with E-state index in [0.717, 1.165) is 22.0 Å². The average Bonchev–Trinajstić information content (AvgIpc) is 3.49. The van der Waals surface area contributed by atoms with Crippen molar-refractivity contribution in [2.75, 3.05) is 5.32 Å². The molecule has 0 fully saturated rings. The fourth-order valence-corrected chi connectivity index (χ4v) is 3.89. The maximum absolute atomic E-state index is 12.6. The van der Waals surface area contributed by atoms with Gasteiger partial charge in [0.2, 0.25) is 5.91 Å². The molecule has 2 N–H and O–H groups in total. The molecule has 1 aromatic carbocycles. The number of rotatable bonds is 6. The summed E-state index contributed by atoms with van der Waals surface area (Å²) in [6.07, 6.45) is 4.97. The molecule has 4 rings (SSSR count). The van der Waals surface area contributed by atoms with Crippen molar-refractivity contribution in [3.63, 3.8) is 0 Å². The Hall–Kier alpha value is -3.72. The van der Waals surface area contributed by atoms with Crippen molar-refractivity contribution in [1.82, 2.24) is 19.9 Å². The predicted octanol–water partition coefficient (Wildman–Crippen LogP) is 3.56. The molecule has 1 unspecified atom stereocenters. The number of aryl methyl sites for hydroxylation is 1. The predicted molar refractivity (Wildman–Crippen MR) is 114 cm³/mol. The molecule has 0 aliphatic heterocycles. The monoisotopic (exact) mass is 421 g/mol. The Morgan fingerprint density at radius 2 is 1.97 bits per heavy atom. The third kappa shape index (κ3) is 4.01. The highest BCUT2D eigenvalue weighted by atomic mass is 32.1. The van der Waals surface area contributed by atoms with Crippen LogP contribution in [-0.4, -0.2) is 32.4 Å². The summed E-state index contributed by atoms with van der Waals surface area (Å²) in [5.41, 5.74) is 1.66. The van der Waals surface area contributed by atoms with Gasteiger partial charge < -0.3 is 19.6 Å². The topological polar surface area (TPSA) is 102 Å². The number of hydrogen-bond donors (Lipinski definition) is 2. The number of imidazole rings is 1. The Morgan fingerprint density at radius 3 is 2.63 bits per heavy atom. The van der Waals surface area contributed by atoms with E-state index in [1.165, 1.54) is 23.7 Å². The van der Waals surface area contributed by atoms with Gasteiger partial charge in [0.05, 0.1) is 16.8 Å². The van der Waals surface area contributed by atoms with Crippen molar-refractivity contribution < 1.29 is 14.0 Å². The Balaban J connectivity index is 1.57. The molecule has 152 valence electrons. The van der Waals surface area contributed by atoms with Gasteiger partial charge in [-0.25, -0.2) is 9.97 Å². The number of amides is 2. The molecule has 9 heteroatoms. The molecular weight excluding hydrogens is 402 g/mol. The molecule has 0 aliphatic rings. The van der Waals surface area contributed by atoms with Crippen LogP contribution in [0.2, 0.25) is 0 Å². The molecule has 0 spiro atoms. The molecule has 8 nitrogen and oxygen atoms in total. The Bertz CT molecular complexity index is 1160. The van der Waals surface area contributed by atoms with Gasteiger partial charge in [-0.2, -0.15) is 0 Å². The minimum atomic E-state index is -0.775. The average molecular weight is 421 g/mol. The molecule has 3 aromatic heterocycles. The number of nitrogens with zero attached hydrogens (tertiary/aromatic N) is 3. The third-order valence-electron chi connectivity index (χ3n) is 4.41. The maximum atomic E-state index is 12.6.